The Morgan fingerprint density at radius 1 is 1.19 bits per heavy atom. The number of piperidine rings is 1. The van der Waals surface area contributed by atoms with E-state index < -0.39 is 0 Å². The summed E-state index contributed by atoms with van der Waals surface area (Å²) in [6, 6.07) is 6.70. The van der Waals surface area contributed by atoms with Gasteiger partial charge in [0.2, 0.25) is 0 Å². The van der Waals surface area contributed by atoms with Gasteiger partial charge in [-0.2, -0.15) is 5.10 Å². The summed E-state index contributed by atoms with van der Waals surface area (Å²) in [6.07, 6.45) is 4.37. The molecule has 1 aliphatic heterocycles. The number of aromatic nitrogens is 3. The van der Waals surface area contributed by atoms with Gasteiger partial charge in [0.1, 0.15) is 11.6 Å². The van der Waals surface area contributed by atoms with Crippen LogP contribution in [0.4, 0.5) is 0 Å². The van der Waals surface area contributed by atoms with E-state index in [1.54, 1.807) is 14.2 Å². The van der Waals surface area contributed by atoms with Crippen LogP contribution in [0.2, 0.25) is 0 Å². The fourth-order valence-corrected chi connectivity index (χ4v) is 4.09. The van der Waals surface area contributed by atoms with Gasteiger partial charge < -0.3 is 4.74 Å². The lowest BCUT2D eigenvalue weighted by atomic mass is 10.0. The Morgan fingerprint density at radius 2 is 1.92 bits per heavy atom. The quantitative estimate of drug-likeness (QED) is 0.826. The molecule has 1 saturated carbocycles. The summed E-state index contributed by atoms with van der Waals surface area (Å²) < 4.78 is 8.85. The molecule has 0 atom stereocenters. The summed E-state index contributed by atoms with van der Waals surface area (Å²) in [6.45, 7) is 5.07. The van der Waals surface area contributed by atoms with Gasteiger partial charge in [-0.3, -0.25) is 9.47 Å². The van der Waals surface area contributed by atoms with E-state index in [-0.39, 0.29) is 5.69 Å². The number of hydrogen-bond acceptors (Lipinski definition) is 4. The molecular weight excluding hydrogens is 328 g/mol. The van der Waals surface area contributed by atoms with Crippen LogP contribution in [-0.2, 0) is 13.6 Å². The van der Waals surface area contributed by atoms with Crippen molar-refractivity contribution in [3.8, 4) is 5.75 Å². The number of aryl methyl sites for hydroxylation is 2. The lowest BCUT2D eigenvalue weighted by Crippen LogP contribution is -2.37. The molecule has 0 unspecified atom stereocenters. The average molecular weight is 356 g/mol. The first-order valence-corrected chi connectivity index (χ1v) is 9.58. The summed E-state index contributed by atoms with van der Waals surface area (Å²) in [5, 5.41) is 4.50. The van der Waals surface area contributed by atoms with E-state index >= 15 is 0 Å². The molecule has 6 heteroatoms. The molecule has 2 fully saturated rings. The van der Waals surface area contributed by atoms with Gasteiger partial charge >= 0.3 is 5.69 Å². The Hall–Kier alpha value is -2.08. The number of nitrogens with zero attached hydrogens (tertiary/aromatic N) is 4. The highest BCUT2D eigenvalue weighted by Gasteiger charge is 2.33. The van der Waals surface area contributed by atoms with E-state index in [9.17, 15) is 4.79 Å². The van der Waals surface area contributed by atoms with Crippen LogP contribution in [0.1, 0.15) is 54.6 Å². The minimum absolute atomic E-state index is 0.0520. The van der Waals surface area contributed by atoms with Crippen LogP contribution in [-0.4, -0.2) is 39.4 Å². The van der Waals surface area contributed by atoms with Crippen molar-refractivity contribution in [2.75, 3.05) is 20.2 Å². The average Bonchev–Trinajstić information content (AvgIpc) is 3.43. The summed E-state index contributed by atoms with van der Waals surface area (Å²) in [7, 11) is 3.48. The van der Waals surface area contributed by atoms with E-state index in [0.717, 1.165) is 44.0 Å². The van der Waals surface area contributed by atoms with Gasteiger partial charge in [-0.15, -0.1) is 0 Å². The predicted octanol–water partition coefficient (Wildman–Crippen LogP) is 2.61. The maximum Gasteiger partial charge on any atom is 0.345 e. The Bertz CT molecular complexity index is 842. The maximum absolute atomic E-state index is 12.5. The standard InChI is InChI=1S/C20H28N4O2/c1-14-12-15(4-7-18(14)26-3)13-23-10-8-17(9-11-23)24-19(16-5-6-16)21-22(2)20(24)25/h4,7,12,16-17H,5-6,8-11,13H2,1-3H3. The van der Waals surface area contributed by atoms with Gasteiger partial charge in [0.15, 0.2) is 0 Å². The smallest absolute Gasteiger partial charge is 0.345 e. The maximum atomic E-state index is 12.5. The van der Waals surface area contributed by atoms with E-state index in [1.165, 1.54) is 28.7 Å². The second-order valence-corrected chi connectivity index (χ2v) is 7.72. The highest BCUT2D eigenvalue weighted by molar-refractivity contribution is 5.36. The van der Waals surface area contributed by atoms with Crippen LogP contribution in [0.5, 0.6) is 5.75 Å². The highest BCUT2D eigenvalue weighted by atomic mass is 16.5. The molecule has 1 aliphatic carbocycles. The Balaban J connectivity index is 1.42. The van der Waals surface area contributed by atoms with E-state index in [2.05, 4.69) is 35.1 Å². The lowest BCUT2D eigenvalue weighted by molar-refractivity contribution is 0.176. The molecule has 140 valence electrons. The third-order valence-electron chi connectivity index (χ3n) is 5.71. The number of methoxy groups -OCH3 is 1. The van der Waals surface area contributed by atoms with E-state index in [4.69, 9.17) is 4.74 Å². The molecule has 1 aromatic heterocycles. The number of rotatable bonds is 5. The molecule has 26 heavy (non-hydrogen) atoms. The molecule has 0 bridgehead atoms. The number of ether oxygens (including phenoxy) is 1. The van der Waals surface area contributed by atoms with E-state index in [0.29, 0.717) is 12.0 Å². The first kappa shape index (κ1) is 17.3. The van der Waals surface area contributed by atoms with Crippen molar-refractivity contribution in [2.45, 2.75) is 51.1 Å². The topological polar surface area (TPSA) is 52.3 Å². The molecule has 1 aromatic carbocycles. The zero-order valence-corrected chi connectivity index (χ0v) is 15.9. The van der Waals surface area contributed by atoms with Gasteiger partial charge in [0.05, 0.1) is 7.11 Å². The number of benzene rings is 1. The largest absolute Gasteiger partial charge is 0.496 e. The van der Waals surface area contributed by atoms with Crippen molar-refractivity contribution < 1.29 is 4.74 Å². The third kappa shape index (κ3) is 3.30. The van der Waals surface area contributed by atoms with Crippen LogP contribution < -0.4 is 10.4 Å². The fourth-order valence-electron chi connectivity index (χ4n) is 4.09. The minimum Gasteiger partial charge on any atom is -0.496 e. The molecule has 2 aromatic rings. The van der Waals surface area contributed by atoms with Gasteiger partial charge in [-0.25, -0.2) is 9.48 Å². The highest BCUT2D eigenvalue weighted by Crippen LogP contribution is 2.40. The first-order valence-electron chi connectivity index (χ1n) is 9.58. The van der Waals surface area contributed by atoms with Crippen molar-refractivity contribution in [1.29, 1.82) is 0 Å². The summed E-state index contributed by atoms with van der Waals surface area (Å²) in [5.74, 6) is 2.46. The lowest BCUT2D eigenvalue weighted by Gasteiger charge is -2.32. The van der Waals surface area contributed by atoms with E-state index in [1.807, 2.05) is 4.57 Å². The number of likely N-dealkylation sites (tertiary alicyclic amines) is 1. The first-order chi connectivity index (χ1) is 12.6. The predicted molar refractivity (Wildman–Crippen MR) is 101 cm³/mol. The van der Waals surface area contributed by atoms with Gasteiger partial charge in [0, 0.05) is 38.6 Å². The SMILES string of the molecule is COc1ccc(CN2CCC(n3c(C4CC4)nn(C)c3=O)CC2)cc1C. The third-order valence-corrected chi connectivity index (χ3v) is 5.71. The zero-order valence-electron chi connectivity index (χ0n) is 15.9. The second kappa shape index (κ2) is 6.91. The van der Waals surface area contributed by atoms with Gasteiger partial charge in [0.25, 0.3) is 0 Å². The van der Waals surface area contributed by atoms with Crippen molar-refractivity contribution in [3.63, 3.8) is 0 Å². The molecule has 2 aliphatic rings. The number of hydrogen-bond donors (Lipinski definition) is 0. The summed E-state index contributed by atoms with van der Waals surface area (Å²) in [5.41, 5.74) is 2.55. The van der Waals surface area contributed by atoms with Crippen molar-refractivity contribution in [1.82, 2.24) is 19.2 Å². The Kier molecular flexibility index (Phi) is 4.61. The van der Waals surface area contributed by atoms with Gasteiger partial charge in [-0.1, -0.05) is 12.1 Å². The molecule has 1 saturated heterocycles. The normalized spacial score (nSPS) is 19.0. The van der Waals surface area contributed by atoms with Crippen LogP contribution in [0.3, 0.4) is 0 Å². The zero-order chi connectivity index (χ0) is 18.3. The molecule has 2 heterocycles. The summed E-state index contributed by atoms with van der Waals surface area (Å²) >= 11 is 0. The fraction of sp³-hybridized carbons (Fsp3) is 0.600. The molecule has 6 nitrogen and oxygen atoms in total. The summed E-state index contributed by atoms with van der Waals surface area (Å²) in [4.78, 5) is 15.0. The molecule has 0 radical (unpaired) electrons. The molecule has 0 N–H and O–H groups in total. The molecule has 0 spiro atoms. The van der Waals surface area contributed by atoms with Crippen molar-refractivity contribution in [3.05, 3.63) is 45.6 Å². The van der Waals surface area contributed by atoms with Crippen molar-refractivity contribution >= 4 is 0 Å². The monoisotopic (exact) mass is 356 g/mol. The minimum atomic E-state index is 0.0520. The van der Waals surface area contributed by atoms with Gasteiger partial charge in [-0.05, 0) is 49.8 Å². The van der Waals surface area contributed by atoms with Crippen molar-refractivity contribution in [2.24, 2.45) is 7.05 Å². The molecular formula is C20H28N4O2. The second-order valence-electron chi connectivity index (χ2n) is 7.72. The molecule has 4 rings (SSSR count). The van der Waals surface area contributed by atoms with Crippen LogP contribution in [0.15, 0.2) is 23.0 Å². The van der Waals surface area contributed by atoms with Crippen LogP contribution >= 0.6 is 0 Å². The van der Waals surface area contributed by atoms with Crippen LogP contribution in [0, 0.1) is 6.92 Å². The van der Waals surface area contributed by atoms with Crippen LogP contribution in [0.25, 0.3) is 0 Å². The molecule has 0 amide bonds. The Labute approximate surface area is 154 Å². The Morgan fingerprint density at radius 3 is 2.54 bits per heavy atom.